The molecule has 0 saturated heterocycles. The van der Waals surface area contributed by atoms with E-state index in [1.54, 1.807) is 12.1 Å². The lowest BCUT2D eigenvalue weighted by Gasteiger charge is -2.10. The summed E-state index contributed by atoms with van der Waals surface area (Å²) in [6.07, 6.45) is 5.65. The van der Waals surface area contributed by atoms with Crippen LogP contribution in [0, 0.1) is 6.92 Å². The fourth-order valence-corrected chi connectivity index (χ4v) is 2.60. The monoisotopic (exact) mass is 285 g/mol. The summed E-state index contributed by atoms with van der Waals surface area (Å²) >= 11 is 0. The lowest BCUT2D eigenvalue weighted by molar-refractivity contribution is 0.297. The van der Waals surface area contributed by atoms with Crippen molar-refractivity contribution in [3.05, 3.63) is 23.8 Å². The second kappa shape index (κ2) is 7.50. The molecular weight excluding hydrogens is 262 g/mol. The zero-order chi connectivity index (χ0) is 14.3. The number of primary sulfonamides is 1. The fraction of sp³-hybridized carbons (Fsp3) is 0.571. The number of aryl methyl sites for hydroxylation is 1. The predicted octanol–water partition coefficient (Wildman–Crippen LogP) is 2.99. The molecule has 0 spiro atoms. The third-order valence-corrected chi connectivity index (χ3v) is 3.84. The van der Waals surface area contributed by atoms with Crippen molar-refractivity contribution in [2.45, 2.75) is 50.8 Å². The lowest BCUT2D eigenvalue weighted by atomic mass is 10.2. The van der Waals surface area contributed by atoms with Gasteiger partial charge >= 0.3 is 0 Å². The molecule has 0 heterocycles. The Bertz CT molecular complexity index is 497. The quantitative estimate of drug-likeness (QED) is 0.746. The van der Waals surface area contributed by atoms with Crippen LogP contribution in [0.4, 0.5) is 0 Å². The Morgan fingerprint density at radius 1 is 1.16 bits per heavy atom. The van der Waals surface area contributed by atoms with Crippen molar-refractivity contribution in [1.29, 1.82) is 0 Å². The third kappa shape index (κ3) is 5.61. The van der Waals surface area contributed by atoms with E-state index in [4.69, 9.17) is 9.88 Å². The van der Waals surface area contributed by atoms with Crippen LogP contribution >= 0.6 is 0 Å². The zero-order valence-electron chi connectivity index (χ0n) is 11.7. The van der Waals surface area contributed by atoms with E-state index in [2.05, 4.69) is 6.92 Å². The summed E-state index contributed by atoms with van der Waals surface area (Å²) in [7, 11) is -3.73. The largest absolute Gasteiger partial charge is 0.492 e. The molecule has 1 aromatic rings. The molecule has 0 amide bonds. The fourth-order valence-electron chi connectivity index (χ4n) is 1.84. The number of benzene rings is 1. The van der Waals surface area contributed by atoms with Gasteiger partial charge in [-0.2, -0.15) is 0 Å². The topological polar surface area (TPSA) is 69.4 Å². The molecule has 2 N–H and O–H groups in total. The summed E-state index contributed by atoms with van der Waals surface area (Å²) in [5, 5.41) is 5.19. The van der Waals surface area contributed by atoms with Gasteiger partial charge in [-0.15, -0.1) is 0 Å². The summed E-state index contributed by atoms with van der Waals surface area (Å²) in [6, 6.07) is 5.03. The summed E-state index contributed by atoms with van der Waals surface area (Å²) in [5.41, 5.74) is 0.847. The smallest absolute Gasteiger partial charge is 0.241 e. The lowest BCUT2D eigenvalue weighted by Crippen LogP contribution is -2.14. The molecule has 0 atom stereocenters. The zero-order valence-corrected chi connectivity index (χ0v) is 12.5. The van der Waals surface area contributed by atoms with Crippen LogP contribution in [0.15, 0.2) is 23.1 Å². The average Bonchev–Trinajstić information content (AvgIpc) is 2.34. The van der Waals surface area contributed by atoms with Crippen LogP contribution in [0.2, 0.25) is 0 Å². The summed E-state index contributed by atoms with van der Waals surface area (Å²) in [4.78, 5) is 0.0704. The second-order valence-electron chi connectivity index (χ2n) is 4.76. The first-order chi connectivity index (χ1) is 8.95. The predicted molar refractivity (Wildman–Crippen MR) is 76.8 cm³/mol. The number of hydrogen-bond donors (Lipinski definition) is 1. The molecule has 108 valence electrons. The molecule has 19 heavy (non-hydrogen) atoms. The molecule has 0 radical (unpaired) electrons. The van der Waals surface area contributed by atoms with E-state index in [1.807, 2.05) is 13.0 Å². The van der Waals surface area contributed by atoms with Crippen molar-refractivity contribution >= 4 is 10.0 Å². The molecule has 0 aliphatic heterocycles. The highest BCUT2D eigenvalue weighted by Gasteiger charge is 2.15. The van der Waals surface area contributed by atoms with Gasteiger partial charge in [-0.1, -0.05) is 38.7 Å². The van der Waals surface area contributed by atoms with E-state index >= 15 is 0 Å². The number of hydrogen-bond acceptors (Lipinski definition) is 3. The van der Waals surface area contributed by atoms with Crippen molar-refractivity contribution < 1.29 is 13.2 Å². The molecule has 0 unspecified atom stereocenters. The van der Waals surface area contributed by atoms with Gasteiger partial charge in [-0.25, -0.2) is 13.6 Å². The average molecular weight is 285 g/mol. The minimum Gasteiger partial charge on any atom is -0.492 e. The first-order valence-electron chi connectivity index (χ1n) is 6.71. The second-order valence-corrected chi connectivity index (χ2v) is 6.29. The summed E-state index contributed by atoms with van der Waals surface area (Å²) in [5.74, 6) is 0.351. The number of sulfonamides is 1. The van der Waals surface area contributed by atoms with E-state index in [9.17, 15) is 8.42 Å². The van der Waals surface area contributed by atoms with Gasteiger partial charge in [0, 0.05) is 0 Å². The van der Waals surface area contributed by atoms with Crippen LogP contribution in [-0.2, 0) is 10.0 Å². The number of nitrogens with two attached hydrogens (primary N) is 1. The molecule has 1 aromatic carbocycles. The number of unbranched alkanes of at least 4 members (excludes halogenated alkanes) is 4. The molecule has 1 rings (SSSR count). The molecule has 0 aliphatic carbocycles. The van der Waals surface area contributed by atoms with Crippen LogP contribution in [0.25, 0.3) is 0 Å². The highest BCUT2D eigenvalue weighted by atomic mass is 32.2. The highest BCUT2D eigenvalue weighted by molar-refractivity contribution is 7.89. The van der Waals surface area contributed by atoms with Crippen LogP contribution < -0.4 is 9.88 Å². The van der Waals surface area contributed by atoms with Crippen LogP contribution in [0.5, 0.6) is 5.75 Å². The van der Waals surface area contributed by atoms with E-state index in [1.165, 1.54) is 19.3 Å². The van der Waals surface area contributed by atoms with Crippen molar-refractivity contribution in [1.82, 2.24) is 0 Å². The Balaban J connectivity index is 2.59. The Hall–Kier alpha value is -1.07. The molecule has 0 aliphatic rings. The number of ether oxygens (including phenoxy) is 1. The van der Waals surface area contributed by atoms with Gasteiger partial charge < -0.3 is 4.74 Å². The maximum absolute atomic E-state index is 11.5. The molecule has 4 nitrogen and oxygen atoms in total. The molecule has 0 bridgehead atoms. The van der Waals surface area contributed by atoms with Crippen molar-refractivity contribution in [2.24, 2.45) is 5.14 Å². The summed E-state index contributed by atoms with van der Waals surface area (Å²) in [6.45, 7) is 4.51. The minimum absolute atomic E-state index is 0.0704. The first-order valence-corrected chi connectivity index (χ1v) is 8.26. The van der Waals surface area contributed by atoms with Gasteiger partial charge in [0.15, 0.2) is 0 Å². The normalized spacial score (nSPS) is 11.5. The maximum Gasteiger partial charge on any atom is 0.241 e. The van der Waals surface area contributed by atoms with Gasteiger partial charge in [-0.05, 0) is 31.0 Å². The third-order valence-electron chi connectivity index (χ3n) is 2.91. The Morgan fingerprint density at radius 3 is 2.47 bits per heavy atom. The Morgan fingerprint density at radius 2 is 1.84 bits per heavy atom. The van der Waals surface area contributed by atoms with Crippen molar-refractivity contribution in [3.8, 4) is 5.75 Å². The highest BCUT2D eigenvalue weighted by Crippen LogP contribution is 2.24. The van der Waals surface area contributed by atoms with Crippen LogP contribution in [0.3, 0.4) is 0 Å². The molecule has 5 heteroatoms. The number of rotatable bonds is 8. The van der Waals surface area contributed by atoms with E-state index in [0.717, 1.165) is 18.4 Å². The van der Waals surface area contributed by atoms with E-state index in [0.29, 0.717) is 12.4 Å². The van der Waals surface area contributed by atoms with Gasteiger partial charge in [0.25, 0.3) is 0 Å². The Labute approximate surface area is 116 Å². The van der Waals surface area contributed by atoms with E-state index in [-0.39, 0.29) is 4.90 Å². The molecule has 0 saturated carbocycles. The van der Waals surface area contributed by atoms with Gasteiger partial charge in [0.1, 0.15) is 10.6 Å². The molecule has 0 fully saturated rings. The van der Waals surface area contributed by atoms with Crippen molar-refractivity contribution in [2.75, 3.05) is 6.61 Å². The maximum atomic E-state index is 11.5. The van der Waals surface area contributed by atoms with Crippen molar-refractivity contribution in [3.63, 3.8) is 0 Å². The molecular formula is C14H23NO3S. The van der Waals surface area contributed by atoms with Crippen LogP contribution in [0.1, 0.15) is 44.6 Å². The SMILES string of the molecule is CCCCCCCOc1ccc(C)cc1S(N)(=O)=O. The van der Waals surface area contributed by atoms with Gasteiger partial charge in [0.2, 0.25) is 10.0 Å². The summed E-state index contributed by atoms with van der Waals surface area (Å²) < 4.78 is 28.5. The van der Waals surface area contributed by atoms with Gasteiger partial charge in [-0.3, -0.25) is 0 Å². The minimum atomic E-state index is -3.73. The Kier molecular flexibility index (Phi) is 6.31. The van der Waals surface area contributed by atoms with Gasteiger partial charge in [0.05, 0.1) is 6.61 Å². The standard InChI is InChI=1S/C14H23NO3S/c1-3-4-5-6-7-10-18-13-9-8-12(2)11-14(13)19(15,16)17/h8-9,11H,3-7,10H2,1-2H3,(H2,15,16,17). The first kappa shape index (κ1) is 16.0. The van der Waals surface area contributed by atoms with E-state index < -0.39 is 10.0 Å². The molecule has 0 aromatic heterocycles. The van der Waals surface area contributed by atoms with Crippen LogP contribution in [-0.4, -0.2) is 15.0 Å².